The Balaban J connectivity index is 3.04. The topological polar surface area (TPSA) is 43.4 Å². The Bertz CT molecular complexity index is 561. The van der Waals surface area contributed by atoms with Crippen LogP contribution in [0.2, 0.25) is 10.0 Å². The molecule has 0 saturated heterocycles. The van der Waals surface area contributed by atoms with E-state index < -0.39 is 21.4 Å². The lowest BCUT2D eigenvalue weighted by atomic mass is 10.2. The molecule has 0 heterocycles. The predicted molar refractivity (Wildman–Crippen MR) is 61.6 cm³/mol. The maximum Gasteiger partial charge on any atom is 0.534 e. The van der Waals surface area contributed by atoms with Gasteiger partial charge in [0.1, 0.15) is 5.76 Å². The number of alkyl halides is 3. The van der Waals surface area contributed by atoms with Crippen molar-refractivity contribution >= 4 is 39.1 Å². The molecular weight excluding hydrogens is 316 g/mol. The maximum absolute atomic E-state index is 12.1. The highest BCUT2D eigenvalue weighted by atomic mass is 35.5. The molecule has 0 bridgehead atoms. The van der Waals surface area contributed by atoms with E-state index in [0.29, 0.717) is 0 Å². The highest BCUT2D eigenvalue weighted by Gasteiger charge is 2.48. The first-order chi connectivity index (χ1) is 8.03. The first-order valence-corrected chi connectivity index (χ1v) is 6.35. The molecule has 18 heavy (non-hydrogen) atoms. The summed E-state index contributed by atoms with van der Waals surface area (Å²) in [5.41, 5.74) is -5.60. The van der Waals surface area contributed by atoms with Crippen molar-refractivity contribution in [3.05, 3.63) is 40.4 Å². The summed E-state index contributed by atoms with van der Waals surface area (Å²) in [6.07, 6.45) is 0. The van der Waals surface area contributed by atoms with Gasteiger partial charge in [0.15, 0.2) is 0 Å². The number of halogens is 5. The Morgan fingerprint density at radius 1 is 1.17 bits per heavy atom. The van der Waals surface area contributed by atoms with Gasteiger partial charge in [-0.25, -0.2) is 0 Å². The predicted octanol–water partition coefficient (Wildman–Crippen LogP) is 3.83. The standard InChI is InChI=1S/C9H5Cl2F3O3S/c1-5(17-18(15,16)9(12,13)14)6-2-7(10)4-8(11)3-6/h2-4H,1H2. The van der Waals surface area contributed by atoms with Crippen molar-refractivity contribution in [1.29, 1.82) is 0 Å². The second-order valence-electron chi connectivity index (χ2n) is 3.06. The zero-order chi connectivity index (χ0) is 14.1. The molecule has 0 aromatic heterocycles. The molecule has 0 aliphatic carbocycles. The summed E-state index contributed by atoms with van der Waals surface area (Å²) in [5.74, 6) is -0.725. The molecule has 3 nitrogen and oxygen atoms in total. The lowest BCUT2D eigenvalue weighted by Gasteiger charge is -2.11. The van der Waals surface area contributed by atoms with E-state index in [9.17, 15) is 21.6 Å². The number of benzene rings is 1. The molecule has 0 fully saturated rings. The van der Waals surface area contributed by atoms with Crippen LogP contribution in [0.15, 0.2) is 24.8 Å². The van der Waals surface area contributed by atoms with E-state index in [1.54, 1.807) is 0 Å². The third kappa shape index (κ3) is 3.54. The second kappa shape index (κ2) is 4.99. The van der Waals surface area contributed by atoms with Gasteiger partial charge in [0.25, 0.3) is 0 Å². The van der Waals surface area contributed by atoms with E-state index >= 15 is 0 Å². The van der Waals surface area contributed by atoms with Gasteiger partial charge in [0.2, 0.25) is 0 Å². The average Bonchev–Trinajstić information content (AvgIpc) is 2.13. The van der Waals surface area contributed by atoms with Crippen LogP contribution in [-0.4, -0.2) is 13.9 Å². The van der Waals surface area contributed by atoms with Crippen LogP contribution < -0.4 is 0 Å². The molecule has 0 radical (unpaired) electrons. The van der Waals surface area contributed by atoms with E-state index in [2.05, 4.69) is 10.8 Å². The Kier molecular flexibility index (Phi) is 4.19. The van der Waals surface area contributed by atoms with Crippen molar-refractivity contribution in [2.45, 2.75) is 5.51 Å². The minimum atomic E-state index is -5.76. The van der Waals surface area contributed by atoms with Gasteiger partial charge in [-0.3, -0.25) is 0 Å². The minimum absolute atomic E-state index is 0.0691. The van der Waals surface area contributed by atoms with E-state index in [-0.39, 0.29) is 15.6 Å². The average molecular weight is 321 g/mol. The van der Waals surface area contributed by atoms with Crippen LogP contribution in [0.4, 0.5) is 13.2 Å². The van der Waals surface area contributed by atoms with Crippen LogP contribution in [-0.2, 0) is 14.3 Å². The van der Waals surface area contributed by atoms with E-state index in [1.807, 2.05) is 0 Å². The molecule has 1 rings (SSSR count). The molecule has 0 atom stereocenters. The van der Waals surface area contributed by atoms with Gasteiger partial charge in [-0.15, -0.1) is 0 Å². The Morgan fingerprint density at radius 3 is 2.00 bits per heavy atom. The van der Waals surface area contributed by atoms with Crippen LogP contribution in [0.5, 0.6) is 0 Å². The van der Waals surface area contributed by atoms with E-state index in [4.69, 9.17) is 23.2 Å². The van der Waals surface area contributed by atoms with Crippen LogP contribution in [0, 0.1) is 0 Å². The lowest BCUT2D eigenvalue weighted by molar-refractivity contribution is -0.0509. The van der Waals surface area contributed by atoms with Crippen LogP contribution in [0.25, 0.3) is 5.76 Å². The maximum atomic E-state index is 12.1. The van der Waals surface area contributed by atoms with Crippen molar-refractivity contribution in [3.8, 4) is 0 Å². The third-order valence-corrected chi connectivity index (χ3v) is 3.10. The second-order valence-corrected chi connectivity index (χ2v) is 5.48. The molecule has 0 saturated carbocycles. The summed E-state index contributed by atoms with van der Waals surface area (Å²) < 4.78 is 61.5. The van der Waals surface area contributed by atoms with Gasteiger partial charge >= 0.3 is 15.6 Å². The van der Waals surface area contributed by atoms with Crippen molar-refractivity contribution < 1.29 is 25.8 Å². The van der Waals surface area contributed by atoms with Crippen molar-refractivity contribution in [2.24, 2.45) is 0 Å². The highest BCUT2D eigenvalue weighted by molar-refractivity contribution is 7.87. The third-order valence-electron chi connectivity index (χ3n) is 1.68. The number of hydrogen-bond donors (Lipinski definition) is 0. The minimum Gasteiger partial charge on any atom is -0.376 e. The van der Waals surface area contributed by atoms with Gasteiger partial charge in [-0.1, -0.05) is 29.8 Å². The van der Waals surface area contributed by atoms with Gasteiger partial charge < -0.3 is 4.18 Å². The van der Waals surface area contributed by atoms with Gasteiger partial charge in [-0.05, 0) is 18.2 Å². The number of hydrogen-bond acceptors (Lipinski definition) is 3. The van der Waals surface area contributed by atoms with Crippen LogP contribution in [0.1, 0.15) is 5.56 Å². The summed E-state index contributed by atoms with van der Waals surface area (Å²) in [6, 6.07) is 3.65. The van der Waals surface area contributed by atoms with Crippen molar-refractivity contribution in [2.75, 3.05) is 0 Å². The van der Waals surface area contributed by atoms with Crippen LogP contribution in [0.3, 0.4) is 0 Å². The summed E-state index contributed by atoms with van der Waals surface area (Å²) in [5, 5.41) is 0.207. The molecule has 0 N–H and O–H groups in total. The fraction of sp³-hybridized carbons (Fsp3) is 0.111. The van der Waals surface area contributed by atoms with Crippen LogP contribution >= 0.6 is 23.2 Å². The smallest absolute Gasteiger partial charge is 0.376 e. The Morgan fingerprint density at radius 2 is 1.61 bits per heavy atom. The number of rotatable bonds is 3. The Hall–Kier alpha value is -0.920. The molecule has 0 unspecified atom stereocenters. The van der Waals surface area contributed by atoms with Gasteiger partial charge in [0, 0.05) is 15.6 Å². The molecule has 100 valence electrons. The lowest BCUT2D eigenvalue weighted by Crippen LogP contribution is -2.24. The fourth-order valence-electron chi connectivity index (χ4n) is 0.943. The van der Waals surface area contributed by atoms with E-state index in [0.717, 1.165) is 0 Å². The SMILES string of the molecule is C=C(OS(=O)(=O)C(F)(F)F)c1cc(Cl)cc(Cl)c1. The van der Waals surface area contributed by atoms with E-state index in [1.165, 1.54) is 18.2 Å². The largest absolute Gasteiger partial charge is 0.534 e. The first kappa shape index (κ1) is 15.1. The summed E-state index contributed by atoms with van der Waals surface area (Å²) in [6.45, 7) is 3.09. The molecule has 9 heteroatoms. The zero-order valence-corrected chi connectivity index (χ0v) is 10.8. The first-order valence-electron chi connectivity index (χ1n) is 4.19. The monoisotopic (exact) mass is 320 g/mol. The quantitative estimate of drug-likeness (QED) is 0.483. The molecule has 0 aliphatic rings. The van der Waals surface area contributed by atoms with Crippen molar-refractivity contribution in [3.63, 3.8) is 0 Å². The van der Waals surface area contributed by atoms with Gasteiger partial charge in [0.05, 0.1) is 0 Å². The zero-order valence-electron chi connectivity index (χ0n) is 8.46. The molecule has 1 aromatic rings. The molecule has 1 aromatic carbocycles. The summed E-state index contributed by atoms with van der Waals surface area (Å²) in [4.78, 5) is 0. The molecular formula is C9H5Cl2F3O3S. The summed E-state index contributed by atoms with van der Waals surface area (Å²) >= 11 is 11.2. The Labute approximate surface area is 111 Å². The van der Waals surface area contributed by atoms with Crippen molar-refractivity contribution in [1.82, 2.24) is 0 Å². The molecule has 0 amide bonds. The molecule has 0 spiro atoms. The normalized spacial score (nSPS) is 12.3. The van der Waals surface area contributed by atoms with Gasteiger partial charge in [-0.2, -0.15) is 21.6 Å². The molecule has 0 aliphatic heterocycles. The summed E-state index contributed by atoms with van der Waals surface area (Å²) in [7, 11) is -5.76. The highest BCUT2D eigenvalue weighted by Crippen LogP contribution is 2.30. The fourth-order valence-corrected chi connectivity index (χ4v) is 1.92.